The van der Waals surface area contributed by atoms with Crippen LogP contribution in [0.2, 0.25) is 0 Å². The molecule has 0 aliphatic carbocycles. The molecule has 0 saturated carbocycles. The van der Waals surface area contributed by atoms with Crippen molar-refractivity contribution in [1.29, 1.82) is 5.26 Å². The van der Waals surface area contributed by atoms with E-state index in [1.807, 2.05) is 0 Å². The maximum Gasteiger partial charge on any atom is 0.166 e. The van der Waals surface area contributed by atoms with E-state index in [1.165, 1.54) is 19.2 Å². The number of hydrogen-bond donors (Lipinski definition) is 1. The molecule has 90 valence electrons. The first-order valence-corrected chi connectivity index (χ1v) is 6.01. The van der Waals surface area contributed by atoms with Gasteiger partial charge in [-0.2, -0.15) is 10.4 Å². The maximum atomic E-state index is 8.92. The highest BCUT2D eigenvalue weighted by molar-refractivity contribution is 5.50. The molecule has 0 radical (unpaired) electrons. The molecule has 0 bridgehead atoms. The first-order chi connectivity index (χ1) is 8.33. The van der Waals surface area contributed by atoms with Gasteiger partial charge in [-0.1, -0.05) is 6.92 Å². The summed E-state index contributed by atoms with van der Waals surface area (Å²) in [6, 6.07) is 3.80. The Hall–Kier alpha value is -1.67. The Labute approximate surface area is 101 Å². The number of nitrogens with zero attached hydrogens (tertiary/aromatic N) is 4. The third-order valence-corrected chi connectivity index (χ3v) is 3.22. The van der Waals surface area contributed by atoms with E-state index in [-0.39, 0.29) is 0 Å². The molecule has 0 amide bonds. The first kappa shape index (κ1) is 11.8. The number of anilines is 1. The topological polar surface area (TPSA) is 64.8 Å². The molecule has 1 saturated heterocycles. The summed E-state index contributed by atoms with van der Waals surface area (Å²) in [5.74, 6) is 1.24. The van der Waals surface area contributed by atoms with Gasteiger partial charge in [0.2, 0.25) is 0 Å². The van der Waals surface area contributed by atoms with E-state index in [4.69, 9.17) is 5.26 Å². The third kappa shape index (κ3) is 2.92. The van der Waals surface area contributed by atoms with Crippen molar-refractivity contribution in [2.45, 2.75) is 13.3 Å². The standard InChI is InChI=1S/C12H17N5/c1-2-17-6-4-10(9-17)8-14-12-11(7-13)3-5-15-16-12/h3,5,10H,2,4,6,8-9H2,1H3,(H,14,16). The van der Waals surface area contributed by atoms with Gasteiger partial charge in [-0.15, -0.1) is 5.10 Å². The van der Waals surface area contributed by atoms with Crippen LogP contribution in [0, 0.1) is 17.2 Å². The first-order valence-electron chi connectivity index (χ1n) is 6.01. The second kappa shape index (κ2) is 5.60. The lowest BCUT2D eigenvalue weighted by molar-refractivity contribution is 0.345. The molecule has 1 unspecified atom stereocenters. The highest BCUT2D eigenvalue weighted by Gasteiger charge is 2.21. The minimum atomic E-state index is 0.561. The van der Waals surface area contributed by atoms with Crippen molar-refractivity contribution in [2.75, 3.05) is 31.5 Å². The lowest BCUT2D eigenvalue weighted by Crippen LogP contribution is -2.22. The molecule has 5 nitrogen and oxygen atoms in total. The summed E-state index contributed by atoms with van der Waals surface area (Å²) in [5, 5.41) is 19.9. The zero-order chi connectivity index (χ0) is 12.1. The van der Waals surface area contributed by atoms with Crippen LogP contribution in [0.5, 0.6) is 0 Å². The summed E-state index contributed by atoms with van der Waals surface area (Å²) in [6.07, 6.45) is 2.75. The summed E-state index contributed by atoms with van der Waals surface area (Å²) in [5.41, 5.74) is 0.561. The van der Waals surface area contributed by atoms with Crippen LogP contribution >= 0.6 is 0 Å². The fraction of sp³-hybridized carbons (Fsp3) is 0.583. The Bertz CT molecular complexity index is 412. The van der Waals surface area contributed by atoms with Crippen molar-refractivity contribution >= 4 is 5.82 Å². The van der Waals surface area contributed by atoms with Gasteiger partial charge in [0.05, 0.1) is 11.8 Å². The van der Waals surface area contributed by atoms with Crippen LogP contribution in [0.15, 0.2) is 12.3 Å². The second-order valence-electron chi connectivity index (χ2n) is 4.33. The van der Waals surface area contributed by atoms with Crippen LogP contribution in [0.1, 0.15) is 18.9 Å². The van der Waals surface area contributed by atoms with Crippen molar-refractivity contribution in [2.24, 2.45) is 5.92 Å². The van der Waals surface area contributed by atoms with Crippen molar-refractivity contribution in [3.8, 4) is 6.07 Å². The molecule has 1 N–H and O–H groups in total. The normalized spacial score (nSPS) is 20.1. The summed E-state index contributed by atoms with van der Waals surface area (Å²) >= 11 is 0. The average Bonchev–Trinajstić information content (AvgIpc) is 2.84. The van der Waals surface area contributed by atoms with Gasteiger partial charge in [-0.25, -0.2) is 0 Å². The highest BCUT2D eigenvalue weighted by Crippen LogP contribution is 2.17. The van der Waals surface area contributed by atoms with Crippen molar-refractivity contribution in [3.05, 3.63) is 17.8 Å². The van der Waals surface area contributed by atoms with Gasteiger partial charge in [-0.3, -0.25) is 0 Å². The van der Waals surface area contributed by atoms with E-state index < -0.39 is 0 Å². The number of rotatable bonds is 4. The fourth-order valence-corrected chi connectivity index (χ4v) is 2.16. The molecule has 5 heteroatoms. The average molecular weight is 231 g/mol. The number of hydrogen-bond acceptors (Lipinski definition) is 5. The van der Waals surface area contributed by atoms with Crippen molar-refractivity contribution in [3.63, 3.8) is 0 Å². The number of nitriles is 1. The van der Waals surface area contributed by atoms with Crippen LogP contribution < -0.4 is 5.32 Å². The van der Waals surface area contributed by atoms with E-state index in [2.05, 4.69) is 33.4 Å². The molecule has 1 atom stereocenters. The predicted octanol–water partition coefficient (Wildman–Crippen LogP) is 1.10. The molecule has 1 aromatic rings. The van der Waals surface area contributed by atoms with Gasteiger partial charge in [0.15, 0.2) is 5.82 Å². The van der Waals surface area contributed by atoms with E-state index >= 15 is 0 Å². The Morgan fingerprint density at radius 2 is 2.53 bits per heavy atom. The van der Waals surface area contributed by atoms with Crippen LogP contribution in [-0.2, 0) is 0 Å². The number of aromatic nitrogens is 2. The third-order valence-electron chi connectivity index (χ3n) is 3.22. The van der Waals surface area contributed by atoms with E-state index in [9.17, 15) is 0 Å². The summed E-state index contributed by atoms with van der Waals surface area (Å²) in [6.45, 7) is 6.47. The number of likely N-dealkylation sites (tertiary alicyclic amines) is 1. The Balaban J connectivity index is 1.88. The maximum absolute atomic E-state index is 8.92. The predicted molar refractivity (Wildman–Crippen MR) is 65.5 cm³/mol. The van der Waals surface area contributed by atoms with Gasteiger partial charge in [-0.05, 0) is 31.5 Å². The lowest BCUT2D eigenvalue weighted by Gasteiger charge is -2.14. The molecule has 2 rings (SSSR count). The van der Waals surface area contributed by atoms with Gasteiger partial charge < -0.3 is 10.2 Å². The van der Waals surface area contributed by atoms with Gasteiger partial charge >= 0.3 is 0 Å². The van der Waals surface area contributed by atoms with Crippen molar-refractivity contribution in [1.82, 2.24) is 15.1 Å². The second-order valence-corrected chi connectivity index (χ2v) is 4.33. The Morgan fingerprint density at radius 1 is 1.65 bits per heavy atom. The van der Waals surface area contributed by atoms with Crippen LogP contribution in [0.3, 0.4) is 0 Å². The van der Waals surface area contributed by atoms with Gasteiger partial charge in [0, 0.05) is 13.1 Å². The fourth-order valence-electron chi connectivity index (χ4n) is 2.16. The smallest absolute Gasteiger partial charge is 0.166 e. The molecule has 17 heavy (non-hydrogen) atoms. The molecular formula is C12H17N5. The largest absolute Gasteiger partial charge is 0.367 e. The molecule has 1 aliphatic rings. The Morgan fingerprint density at radius 3 is 3.24 bits per heavy atom. The zero-order valence-corrected chi connectivity index (χ0v) is 10.1. The molecular weight excluding hydrogens is 214 g/mol. The molecule has 1 aromatic heterocycles. The SMILES string of the molecule is CCN1CCC(CNc2nnccc2C#N)C1. The lowest BCUT2D eigenvalue weighted by atomic mass is 10.1. The van der Waals surface area contributed by atoms with E-state index in [0.717, 1.165) is 19.6 Å². The van der Waals surface area contributed by atoms with E-state index in [1.54, 1.807) is 6.07 Å². The minimum absolute atomic E-state index is 0.561. The summed E-state index contributed by atoms with van der Waals surface area (Å²) in [4.78, 5) is 2.44. The molecule has 1 fully saturated rings. The summed E-state index contributed by atoms with van der Waals surface area (Å²) in [7, 11) is 0. The monoisotopic (exact) mass is 231 g/mol. The summed E-state index contributed by atoms with van der Waals surface area (Å²) < 4.78 is 0. The minimum Gasteiger partial charge on any atom is -0.367 e. The zero-order valence-electron chi connectivity index (χ0n) is 10.1. The van der Waals surface area contributed by atoms with E-state index in [0.29, 0.717) is 17.3 Å². The van der Waals surface area contributed by atoms with Crippen LogP contribution in [0.25, 0.3) is 0 Å². The quantitative estimate of drug-likeness (QED) is 0.840. The number of nitrogens with one attached hydrogen (secondary N) is 1. The highest BCUT2D eigenvalue weighted by atomic mass is 15.2. The molecule has 0 aromatic carbocycles. The van der Waals surface area contributed by atoms with Crippen LogP contribution in [-0.4, -0.2) is 41.3 Å². The van der Waals surface area contributed by atoms with Crippen molar-refractivity contribution < 1.29 is 0 Å². The van der Waals surface area contributed by atoms with Crippen LogP contribution in [0.4, 0.5) is 5.82 Å². The molecule has 2 heterocycles. The van der Waals surface area contributed by atoms with Gasteiger partial charge in [0.1, 0.15) is 6.07 Å². The molecule has 0 spiro atoms. The Kier molecular flexibility index (Phi) is 3.89. The molecule has 1 aliphatic heterocycles. The van der Waals surface area contributed by atoms with Gasteiger partial charge in [0.25, 0.3) is 0 Å².